The van der Waals surface area contributed by atoms with E-state index < -0.39 is 11.6 Å². The van der Waals surface area contributed by atoms with Crippen LogP contribution in [-0.4, -0.2) is 9.97 Å². The summed E-state index contributed by atoms with van der Waals surface area (Å²) in [4.78, 5) is 8.38. The number of aromatic nitrogens is 2. The van der Waals surface area contributed by atoms with Gasteiger partial charge in [-0.15, -0.1) is 0 Å². The van der Waals surface area contributed by atoms with Crippen LogP contribution in [0.15, 0.2) is 24.4 Å². The molecule has 0 fully saturated rings. The molecule has 1 aromatic carbocycles. The van der Waals surface area contributed by atoms with Crippen molar-refractivity contribution in [1.29, 1.82) is 0 Å². The Morgan fingerprint density at radius 3 is 2.50 bits per heavy atom. The molecule has 0 saturated carbocycles. The van der Waals surface area contributed by atoms with Crippen LogP contribution in [0, 0.1) is 18.6 Å². The Kier molecular flexibility index (Phi) is 3.34. The van der Waals surface area contributed by atoms with Crippen LogP contribution in [0.1, 0.15) is 24.2 Å². The summed E-state index contributed by atoms with van der Waals surface area (Å²) in [5.41, 5.74) is 7.77. The van der Waals surface area contributed by atoms with Crippen molar-refractivity contribution in [3.63, 3.8) is 0 Å². The van der Waals surface area contributed by atoms with Gasteiger partial charge in [0.05, 0.1) is 0 Å². The lowest BCUT2D eigenvalue weighted by Crippen LogP contribution is -2.09. The van der Waals surface area contributed by atoms with Gasteiger partial charge in [0.1, 0.15) is 0 Å². The average molecular weight is 249 g/mol. The highest BCUT2D eigenvalue weighted by Gasteiger charge is 2.10. The van der Waals surface area contributed by atoms with Crippen LogP contribution in [0.2, 0.25) is 0 Å². The summed E-state index contributed by atoms with van der Waals surface area (Å²) in [6, 6.07) is 3.42. The normalized spacial score (nSPS) is 12.5. The fourth-order valence-electron chi connectivity index (χ4n) is 1.70. The van der Waals surface area contributed by atoms with Gasteiger partial charge in [0.25, 0.3) is 0 Å². The van der Waals surface area contributed by atoms with Crippen LogP contribution >= 0.6 is 0 Å². The third-order valence-corrected chi connectivity index (χ3v) is 2.69. The van der Waals surface area contributed by atoms with Gasteiger partial charge in [0, 0.05) is 29.1 Å². The van der Waals surface area contributed by atoms with Gasteiger partial charge in [-0.3, -0.25) is 0 Å². The molecule has 0 amide bonds. The first-order valence-electron chi connectivity index (χ1n) is 5.53. The molecule has 0 saturated heterocycles. The van der Waals surface area contributed by atoms with Crippen LogP contribution in [0.3, 0.4) is 0 Å². The summed E-state index contributed by atoms with van der Waals surface area (Å²) in [6.45, 7) is 3.65. The summed E-state index contributed by atoms with van der Waals surface area (Å²) in [6.07, 6.45) is 1.61. The van der Waals surface area contributed by atoms with Gasteiger partial charge >= 0.3 is 0 Å². The second-order valence-corrected chi connectivity index (χ2v) is 4.15. The van der Waals surface area contributed by atoms with Crippen LogP contribution in [-0.2, 0) is 0 Å². The lowest BCUT2D eigenvalue weighted by Gasteiger charge is -2.09. The van der Waals surface area contributed by atoms with Crippen molar-refractivity contribution in [2.75, 3.05) is 0 Å². The zero-order chi connectivity index (χ0) is 13.3. The zero-order valence-electron chi connectivity index (χ0n) is 10.1. The summed E-state index contributed by atoms with van der Waals surface area (Å²) < 4.78 is 26.0. The number of benzene rings is 1. The molecule has 1 atom stereocenters. The number of aryl methyl sites for hydroxylation is 1. The SMILES string of the molecule is Cc1nc(-c2ccc(F)c(F)c2)ncc1[C@H](C)N. The maximum atomic E-state index is 13.1. The molecule has 0 unspecified atom stereocenters. The van der Waals surface area contributed by atoms with Crippen molar-refractivity contribution < 1.29 is 8.78 Å². The Morgan fingerprint density at radius 1 is 1.22 bits per heavy atom. The predicted molar refractivity (Wildman–Crippen MR) is 64.7 cm³/mol. The highest BCUT2D eigenvalue weighted by atomic mass is 19.2. The van der Waals surface area contributed by atoms with Crippen molar-refractivity contribution >= 4 is 0 Å². The van der Waals surface area contributed by atoms with Gasteiger partial charge in [-0.2, -0.15) is 0 Å². The number of nitrogens with two attached hydrogens (primary N) is 1. The second kappa shape index (κ2) is 4.78. The molecule has 2 aromatic rings. The third-order valence-electron chi connectivity index (χ3n) is 2.69. The minimum atomic E-state index is -0.912. The van der Waals surface area contributed by atoms with E-state index in [1.165, 1.54) is 6.07 Å². The Hall–Kier alpha value is -1.88. The molecule has 0 bridgehead atoms. The van der Waals surface area contributed by atoms with Gasteiger partial charge < -0.3 is 5.73 Å². The van der Waals surface area contributed by atoms with Crippen LogP contribution in [0.4, 0.5) is 8.78 Å². The maximum Gasteiger partial charge on any atom is 0.159 e. The molecule has 1 aromatic heterocycles. The third kappa shape index (κ3) is 2.36. The van der Waals surface area contributed by atoms with Gasteiger partial charge in [0.15, 0.2) is 17.5 Å². The van der Waals surface area contributed by atoms with Crippen molar-refractivity contribution in [1.82, 2.24) is 9.97 Å². The van der Waals surface area contributed by atoms with E-state index in [1.54, 1.807) is 6.20 Å². The summed E-state index contributed by atoms with van der Waals surface area (Å²) in [7, 11) is 0. The molecule has 0 aliphatic heterocycles. The number of hydrogen-bond acceptors (Lipinski definition) is 3. The van der Waals surface area contributed by atoms with Crippen molar-refractivity contribution in [2.45, 2.75) is 19.9 Å². The molecule has 18 heavy (non-hydrogen) atoms. The van der Waals surface area contributed by atoms with Gasteiger partial charge in [-0.25, -0.2) is 18.7 Å². The van der Waals surface area contributed by atoms with Crippen LogP contribution < -0.4 is 5.73 Å². The number of nitrogens with zero attached hydrogens (tertiary/aromatic N) is 2. The largest absolute Gasteiger partial charge is 0.324 e. The first-order valence-corrected chi connectivity index (χ1v) is 5.53. The quantitative estimate of drug-likeness (QED) is 0.890. The molecule has 2 N–H and O–H groups in total. The zero-order valence-corrected chi connectivity index (χ0v) is 10.1. The number of rotatable bonds is 2. The van der Waals surface area contributed by atoms with Crippen molar-refractivity contribution in [3.05, 3.63) is 47.3 Å². The first-order chi connectivity index (χ1) is 8.49. The monoisotopic (exact) mass is 249 g/mol. The minimum Gasteiger partial charge on any atom is -0.324 e. The average Bonchev–Trinajstić information content (AvgIpc) is 2.32. The standard InChI is InChI=1S/C13H13F2N3/c1-7(16)10-6-17-13(18-8(10)2)9-3-4-11(14)12(15)5-9/h3-7H,16H2,1-2H3/t7-/m0/s1. The molecule has 1 heterocycles. The highest BCUT2D eigenvalue weighted by molar-refractivity contribution is 5.55. The number of halogens is 2. The molecule has 94 valence electrons. The molecule has 3 nitrogen and oxygen atoms in total. The van der Waals surface area contributed by atoms with Gasteiger partial charge in [-0.05, 0) is 32.0 Å². The van der Waals surface area contributed by atoms with Crippen LogP contribution in [0.5, 0.6) is 0 Å². The van der Waals surface area contributed by atoms with E-state index in [0.29, 0.717) is 11.4 Å². The van der Waals surface area contributed by atoms with E-state index >= 15 is 0 Å². The van der Waals surface area contributed by atoms with Gasteiger partial charge in [0.2, 0.25) is 0 Å². The minimum absolute atomic E-state index is 0.163. The fourth-order valence-corrected chi connectivity index (χ4v) is 1.70. The molecule has 5 heteroatoms. The molecular formula is C13H13F2N3. The number of hydrogen-bond donors (Lipinski definition) is 1. The Bertz CT molecular complexity index is 582. The topological polar surface area (TPSA) is 51.8 Å². The second-order valence-electron chi connectivity index (χ2n) is 4.15. The summed E-state index contributed by atoms with van der Waals surface area (Å²) >= 11 is 0. The highest BCUT2D eigenvalue weighted by Crippen LogP contribution is 2.20. The molecule has 2 rings (SSSR count). The maximum absolute atomic E-state index is 13.1. The lowest BCUT2D eigenvalue weighted by molar-refractivity contribution is 0.509. The summed E-state index contributed by atoms with van der Waals surface area (Å²) in [5, 5.41) is 0. The smallest absolute Gasteiger partial charge is 0.159 e. The molecular weight excluding hydrogens is 236 g/mol. The Balaban J connectivity index is 2.45. The van der Waals surface area contributed by atoms with E-state index in [9.17, 15) is 8.78 Å². The van der Waals surface area contributed by atoms with E-state index in [-0.39, 0.29) is 6.04 Å². The van der Waals surface area contributed by atoms with Crippen molar-refractivity contribution in [3.8, 4) is 11.4 Å². The van der Waals surface area contributed by atoms with Crippen LogP contribution in [0.25, 0.3) is 11.4 Å². The van der Waals surface area contributed by atoms with Crippen molar-refractivity contribution in [2.24, 2.45) is 5.73 Å². The first kappa shape index (κ1) is 12.6. The van der Waals surface area contributed by atoms with E-state index in [4.69, 9.17) is 5.73 Å². The van der Waals surface area contributed by atoms with Gasteiger partial charge in [-0.1, -0.05) is 0 Å². The molecule has 0 spiro atoms. The molecule has 0 aliphatic carbocycles. The van der Waals surface area contributed by atoms with E-state index in [2.05, 4.69) is 9.97 Å². The van der Waals surface area contributed by atoms with E-state index in [0.717, 1.165) is 23.4 Å². The Labute approximate surface area is 104 Å². The fraction of sp³-hybridized carbons (Fsp3) is 0.231. The van der Waals surface area contributed by atoms with E-state index in [1.807, 2.05) is 13.8 Å². The molecule has 0 radical (unpaired) electrons. The Morgan fingerprint density at radius 2 is 1.94 bits per heavy atom. The summed E-state index contributed by atoms with van der Waals surface area (Å²) in [5.74, 6) is -1.44. The molecule has 0 aliphatic rings. The predicted octanol–water partition coefficient (Wildman–Crippen LogP) is 2.75. The lowest BCUT2D eigenvalue weighted by atomic mass is 10.1.